The quantitative estimate of drug-likeness (QED) is 0.677. The number of methoxy groups -OCH3 is 1. The van der Waals surface area contributed by atoms with Gasteiger partial charge < -0.3 is 14.5 Å². The monoisotopic (exact) mass is 304 g/mol. The minimum Gasteiger partial charge on any atom is -0.464 e. The fourth-order valence-electron chi connectivity index (χ4n) is 2.23. The van der Waals surface area contributed by atoms with E-state index in [0.717, 1.165) is 5.56 Å². The SMILES string of the molecule is COC(=O)/C(=C/c1cc(C)c2c(c1)oc(=O)n2C)NC(C)=O. The van der Waals surface area contributed by atoms with Crippen molar-refractivity contribution < 1.29 is 18.7 Å². The number of nitrogens with zero attached hydrogens (tertiary/aromatic N) is 1. The van der Waals surface area contributed by atoms with Crippen molar-refractivity contribution in [3.8, 4) is 0 Å². The van der Waals surface area contributed by atoms with Crippen LogP contribution in [0.25, 0.3) is 17.2 Å². The summed E-state index contributed by atoms with van der Waals surface area (Å²) in [4.78, 5) is 34.4. The lowest BCUT2D eigenvalue weighted by Crippen LogP contribution is -2.25. The molecule has 0 saturated carbocycles. The fourth-order valence-corrected chi connectivity index (χ4v) is 2.23. The number of aryl methyl sites for hydroxylation is 2. The molecule has 1 aromatic heterocycles. The molecule has 0 unspecified atom stereocenters. The van der Waals surface area contributed by atoms with Crippen molar-refractivity contribution in [2.75, 3.05) is 7.11 Å². The molecule has 0 aliphatic carbocycles. The summed E-state index contributed by atoms with van der Waals surface area (Å²) in [7, 11) is 2.84. The van der Waals surface area contributed by atoms with Gasteiger partial charge in [-0.3, -0.25) is 9.36 Å². The molecule has 0 radical (unpaired) electrons. The van der Waals surface area contributed by atoms with E-state index in [1.54, 1.807) is 19.2 Å². The molecule has 7 heteroatoms. The van der Waals surface area contributed by atoms with E-state index < -0.39 is 11.7 Å². The number of fused-ring (bicyclic) bond motifs is 1. The van der Waals surface area contributed by atoms with Gasteiger partial charge in [-0.25, -0.2) is 9.59 Å². The number of hydrogen-bond donors (Lipinski definition) is 1. The van der Waals surface area contributed by atoms with E-state index >= 15 is 0 Å². The Morgan fingerprint density at radius 3 is 2.64 bits per heavy atom. The predicted molar refractivity (Wildman–Crippen MR) is 80.0 cm³/mol. The highest BCUT2D eigenvalue weighted by molar-refractivity contribution is 5.98. The highest BCUT2D eigenvalue weighted by Gasteiger charge is 2.13. The topological polar surface area (TPSA) is 90.5 Å². The zero-order chi connectivity index (χ0) is 16.4. The second kappa shape index (κ2) is 5.88. The van der Waals surface area contributed by atoms with Gasteiger partial charge in [0.1, 0.15) is 5.70 Å². The molecule has 1 aromatic carbocycles. The zero-order valence-electron chi connectivity index (χ0n) is 12.7. The van der Waals surface area contributed by atoms with Gasteiger partial charge >= 0.3 is 11.7 Å². The van der Waals surface area contributed by atoms with Gasteiger partial charge in [0.25, 0.3) is 0 Å². The number of benzene rings is 1. The summed E-state index contributed by atoms with van der Waals surface area (Å²) in [6, 6.07) is 3.40. The van der Waals surface area contributed by atoms with E-state index in [9.17, 15) is 14.4 Å². The van der Waals surface area contributed by atoms with Crippen molar-refractivity contribution >= 4 is 29.1 Å². The summed E-state index contributed by atoms with van der Waals surface area (Å²) in [5, 5.41) is 2.41. The van der Waals surface area contributed by atoms with E-state index in [0.29, 0.717) is 16.7 Å². The minimum atomic E-state index is -0.664. The highest BCUT2D eigenvalue weighted by atomic mass is 16.5. The van der Waals surface area contributed by atoms with Crippen molar-refractivity contribution in [1.82, 2.24) is 9.88 Å². The van der Waals surface area contributed by atoms with Crippen molar-refractivity contribution in [3.05, 3.63) is 39.5 Å². The molecule has 1 heterocycles. The lowest BCUT2D eigenvalue weighted by Gasteiger charge is -2.06. The molecule has 116 valence electrons. The number of hydrogen-bond acceptors (Lipinski definition) is 5. The van der Waals surface area contributed by atoms with Crippen LogP contribution in [0.15, 0.2) is 27.0 Å². The van der Waals surface area contributed by atoms with Crippen LogP contribution in [0.4, 0.5) is 0 Å². The Balaban J connectivity index is 2.57. The Kier molecular flexibility index (Phi) is 4.16. The molecule has 2 aromatic rings. The third-order valence-electron chi connectivity index (χ3n) is 3.12. The Bertz CT molecular complexity index is 841. The molecule has 7 nitrogen and oxygen atoms in total. The summed E-state index contributed by atoms with van der Waals surface area (Å²) in [5.74, 6) is -1.52. The van der Waals surface area contributed by atoms with Crippen LogP contribution in [0.5, 0.6) is 0 Å². The molecule has 0 atom stereocenters. The number of aromatic nitrogens is 1. The van der Waals surface area contributed by atoms with Crippen LogP contribution in [-0.4, -0.2) is 23.6 Å². The second-order valence-electron chi connectivity index (χ2n) is 4.84. The Labute approximate surface area is 126 Å². The van der Waals surface area contributed by atoms with Gasteiger partial charge in [0.05, 0.1) is 12.6 Å². The van der Waals surface area contributed by atoms with Gasteiger partial charge in [-0.05, 0) is 36.3 Å². The van der Waals surface area contributed by atoms with Gasteiger partial charge in [0, 0.05) is 14.0 Å². The van der Waals surface area contributed by atoms with Crippen LogP contribution in [-0.2, 0) is 21.4 Å². The van der Waals surface area contributed by atoms with Crippen molar-refractivity contribution in [2.45, 2.75) is 13.8 Å². The molecule has 0 spiro atoms. The number of carbonyl (C=O) groups excluding carboxylic acids is 2. The van der Waals surface area contributed by atoms with Crippen LogP contribution >= 0.6 is 0 Å². The first kappa shape index (κ1) is 15.6. The second-order valence-corrected chi connectivity index (χ2v) is 4.84. The maximum atomic E-state index is 11.7. The summed E-state index contributed by atoms with van der Waals surface area (Å²) >= 11 is 0. The Morgan fingerprint density at radius 2 is 2.05 bits per heavy atom. The summed E-state index contributed by atoms with van der Waals surface area (Å²) < 4.78 is 11.2. The molecule has 1 N–H and O–H groups in total. The number of oxazole rings is 1. The number of amides is 1. The number of nitrogens with one attached hydrogen (secondary N) is 1. The lowest BCUT2D eigenvalue weighted by atomic mass is 10.1. The van der Waals surface area contributed by atoms with Crippen molar-refractivity contribution in [1.29, 1.82) is 0 Å². The average Bonchev–Trinajstić information content (AvgIpc) is 2.72. The molecule has 1 amide bonds. The molecule has 2 rings (SSSR count). The lowest BCUT2D eigenvalue weighted by molar-refractivity contribution is -0.137. The largest absolute Gasteiger partial charge is 0.464 e. The van der Waals surface area contributed by atoms with Gasteiger partial charge in [-0.2, -0.15) is 0 Å². The van der Waals surface area contributed by atoms with Crippen LogP contribution in [0.3, 0.4) is 0 Å². The molecule has 0 fully saturated rings. The smallest absolute Gasteiger partial charge is 0.419 e. The van der Waals surface area contributed by atoms with E-state index in [1.807, 2.05) is 6.92 Å². The summed E-state index contributed by atoms with van der Waals surface area (Å²) in [6.07, 6.45) is 1.46. The molecule has 0 saturated heterocycles. The van der Waals surface area contributed by atoms with Crippen molar-refractivity contribution in [3.63, 3.8) is 0 Å². The first-order valence-electron chi connectivity index (χ1n) is 6.51. The first-order chi connectivity index (χ1) is 10.3. The maximum absolute atomic E-state index is 11.7. The van der Waals surface area contributed by atoms with Crippen LogP contribution in [0.1, 0.15) is 18.1 Å². The predicted octanol–water partition coefficient (Wildman–Crippen LogP) is 1.09. The van der Waals surface area contributed by atoms with E-state index in [2.05, 4.69) is 10.1 Å². The van der Waals surface area contributed by atoms with Gasteiger partial charge in [0.2, 0.25) is 5.91 Å². The highest BCUT2D eigenvalue weighted by Crippen LogP contribution is 2.21. The third kappa shape index (κ3) is 2.93. The molecule has 0 aliphatic rings. The minimum absolute atomic E-state index is 0.00651. The van der Waals surface area contributed by atoms with Crippen molar-refractivity contribution in [2.24, 2.45) is 7.05 Å². The van der Waals surface area contributed by atoms with Crippen LogP contribution < -0.4 is 11.1 Å². The van der Waals surface area contributed by atoms with E-state index in [-0.39, 0.29) is 11.6 Å². The number of ether oxygens (including phenoxy) is 1. The normalized spacial score (nSPS) is 11.5. The Hall–Kier alpha value is -2.83. The van der Waals surface area contributed by atoms with E-state index in [1.165, 1.54) is 24.7 Å². The summed E-state index contributed by atoms with van der Waals surface area (Å²) in [6.45, 7) is 3.12. The zero-order valence-corrected chi connectivity index (χ0v) is 12.7. The van der Waals surface area contributed by atoms with Crippen LogP contribution in [0, 0.1) is 6.92 Å². The van der Waals surface area contributed by atoms with Gasteiger partial charge in [-0.1, -0.05) is 0 Å². The number of rotatable bonds is 3. The molecular formula is C15H16N2O5. The first-order valence-corrected chi connectivity index (χ1v) is 6.51. The molecule has 0 bridgehead atoms. The molecular weight excluding hydrogens is 288 g/mol. The molecule has 22 heavy (non-hydrogen) atoms. The van der Waals surface area contributed by atoms with E-state index in [4.69, 9.17) is 4.42 Å². The average molecular weight is 304 g/mol. The molecule has 0 aliphatic heterocycles. The standard InChI is InChI=1S/C15H16N2O5/c1-8-5-10(6-11(14(19)21-4)16-9(2)18)7-12-13(8)17(3)15(20)22-12/h5-7H,1-4H3,(H,16,18)/b11-6-. The number of carbonyl (C=O) groups is 2. The van der Waals surface area contributed by atoms with Gasteiger partial charge in [0.15, 0.2) is 5.58 Å². The van der Waals surface area contributed by atoms with Crippen LogP contribution in [0.2, 0.25) is 0 Å². The number of esters is 1. The summed E-state index contributed by atoms with van der Waals surface area (Å²) in [5.41, 5.74) is 2.51. The third-order valence-corrected chi connectivity index (χ3v) is 3.12. The van der Waals surface area contributed by atoms with Gasteiger partial charge in [-0.15, -0.1) is 0 Å². The fraction of sp³-hybridized carbons (Fsp3) is 0.267. The Morgan fingerprint density at radius 1 is 1.36 bits per heavy atom. The maximum Gasteiger partial charge on any atom is 0.419 e.